The van der Waals surface area contributed by atoms with Gasteiger partial charge in [-0.2, -0.15) is 0 Å². The highest BCUT2D eigenvalue weighted by Gasteiger charge is 2.23. The highest BCUT2D eigenvalue weighted by atomic mass is 35.5. The number of carbonyl (C=O) groups is 1. The Bertz CT molecular complexity index is 649. The fourth-order valence-electron chi connectivity index (χ4n) is 2.32. The number of nitrogens with one attached hydrogen (secondary N) is 1. The van der Waals surface area contributed by atoms with Gasteiger partial charge in [0.05, 0.1) is 12.0 Å². The van der Waals surface area contributed by atoms with Crippen molar-refractivity contribution in [2.75, 3.05) is 0 Å². The molecule has 2 aromatic rings. The molecule has 110 valence electrons. The lowest BCUT2D eigenvalue weighted by molar-refractivity contribution is -0.122. The fourth-order valence-corrected chi connectivity index (χ4v) is 2.51. The number of amides is 1. The van der Waals surface area contributed by atoms with Crippen LogP contribution in [0, 0.1) is 6.92 Å². The molecule has 3 heteroatoms. The first-order valence-electron chi connectivity index (χ1n) is 7.00. The monoisotopic (exact) mass is 301 g/mol. The highest BCUT2D eigenvalue weighted by Crippen LogP contribution is 2.23. The van der Waals surface area contributed by atoms with Gasteiger partial charge in [-0.05, 0) is 49.6 Å². The maximum absolute atomic E-state index is 12.3. The molecule has 1 N–H and O–H groups in total. The summed E-state index contributed by atoms with van der Waals surface area (Å²) in [5, 5.41) is 3.75. The Labute approximate surface area is 131 Å². The molecule has 0 saturated carbocycles. The second-order valence-corrected chi connectivity index (χ2v) is 6.22. The van der Waals surface area contributed by atoms with E-state index in [1.54, 1.807) is 0 Å². The van der Waals surface area contributed by atoms with E-state index in [1.165, 1.54) is 0 Å². The molecule has 0 atom stereocenters. The van der Waals surface area contributed by atoms with E-state index in [1.807, 2.05) is 69.3 Å². The second kappa shape index (κ2) is 6.31. The second-order valence-electron chi connectivity index (χ2n) is 5.79. The summed E-state index contributed by atoms with van der Waals surface area (Å²) in [6.07, 6.45) is 0.386. The van der Waals surface area contributed by atoms with Gasteiger partial charge in [0, 0.05) is 5.02 Å². The Hall–Kier alpha value is -1.80. The molecule has 0 fully saturated rings. The molecule has 2 nitrogen and oxygen atoms in total. The van der Waals surface area contributed by atoms with Crippen LogP contribution in [0.25, 0.3) is 0 Å². The van der Waals surface area contributed by atoms with Crippen LogP contribution in [0.15, 0.2) is 48.5 Å². The van der Waals surface area contributed by atoms with Crippen molar-refractivity contribution in [2.24, 2.45) is 0 Å². The quantitative estimate of drug-likeness (QED) is 0.899. The lowest BCUT2D eigenvalue weighted by Crippen LogP contribution is -2.41. The lowest BCUT2D eigenvalue weighted by Gasteiger charge is -2.27. The van der Waals surface area contributed by atoms with Crippen molar-refractivity contribution in [2.45, 2.75) is 32.7 Å². The molecule has 21 heavy (non-hydrogen) atoms. The summed E-state index contributed by atoms with van der Waals surface area (Å²) in [4.78, 5) is 12.3. The molecule has 0 aliphatic heterocycles. The van der Waals surface area contributed by atoms with Crippen LogP contribution in [-0.4, -0.2) is 5.91 Å². The minimum absolute atomic E-state index is 0.00859. The van der Waals surface area contributed by atoms with Gasteiger partial charge >= 0.3 is 0 Å². The Balaban J connectivity index is 2.10. The van der Waals surface area contributed by atoms with Crippen molar-refractivity contribution in [3.05, 3.63) is 70.2 Å². The van der Waals surface area contributed by atoms with Crippen LogP contribution in [-0.2, 0) is 16.8 Å². The maximum Gasteiger partial charge on any atom is 0.225 e. The van der Waals surface area contributed by atoms with Gasteiger partial charge in [-0.25, -0.2) is 0 Å². The molecule has 0 unspecified atom stereocenters. The van der Waals surface area contributed by atoms with Gasteiger partial charge in [-0.3, -0.25) is 4.79 Å². The summed E-state index contributed by atoms with van der Waals surface area (Å²) in [5.41, 5.74) is 2.73. The van der Waals surface area contributed by atoms with Crippen molar-refractivity contribution in [3.8, 4) is 0 Å². The number of hydrogen-bond donors (Lipinski definition) is 1. The first-order valence-corrected chi connectivity index (χ1v) is 7.38. The standard InChI is InChI=1S/C18H20ClNO/c1-13-7-4-5-8-14(13)11-17(21)20-18(2,3)15-9-6-10-16(19)12-15/h4-10,12H,11H2,1-3H3,(H,20,21). The summed E-state index contributed by atoms with van der Waals surface area (Å²) in [6, 6.07) is 15.5. The molecule has 0 saturated heterocycles. The normalized spacial score (nSPS) is 11.2. The van der Waals surface area contributed by atoms with Crippen molar-refractivity contribution in [1.82, 2.24) is 5.32 Å². The Kier molecular flexibility index (Phi) is 4.69. The summed E-state index contributed by atoms with van der Waals surface area (Å²) in [6.45, 7) is 5.98. The van der Waals surface area contributed by atoms with Crippen molar-refractivity contribution >= 4 is 17.5 Å². The molecule has 0 radical (unpaired) electrons. The van der Waals surface area contributed by atoms with Gasteiger partial charge in [-0.1, -0.05) is 48.0 Å². The molecule has 2 aromatic carbocycles. The minimum Gasteiger partial charge on any atom is -0.347 e. The lowest BCUT2D eigenvalue weighted by atomic mass is 9.93. The zero-order valence-electron chi connectivity index (χ0n) is 12.6. The van der Waals surface area contributed by atoms with E-state index in [9.17, 15) is 4.79 Å². The van der Waals surface area contributed by atoms with Crippen LogP contribution in [0.3, 0.4) is 0 Å². The molecule has 1 amide bonds. The summed E-state index contributed by atoms with van der Waals surface area (Å²) < 4.78 is 0. The van der Waals surface area contributed by atoms with E-state index in [4.69, 9.17) is 11.6 Å². The van der Waals surface area contributed by atoms with E-state index < -0.39 is 5.54 Å². The Morgan fingerprint density at radius 2 is 1.86 bits per heavy atom. The average Bonchev–Trinajstić information content (AvgIpc) is 2.41. The van der Waals surface area contributed by atoms with Gasteiger partial charge in [0.25, 0.3) is 0 Å². The smallest absolute Gasteiger partial charge is 0.225 e. The SMILES string of the molecule is Cc1ccccc1CC(=O)NC(C)(C)c1cccc(Cl)c1. The molecular formula is C18H20ClNO. The average molecular weight is 302 g/mol. The first-order chi connectivity index (χ1) is 9.88. The van der Waals surface area contributed by atoms with Gasteiger partial charge < -0.3 is 5.32 Å². The Morgan fingerprint density at radius 1 is 1.14 bits per heavy atom. The predicted octanol–water partition coefficient (Wildman–Crippen LogP) is 4.24. The van der Waals surface area contributed by atoms with Crippen molar-refractivity contribution < 1.29 is 4.79 Å². The third-order valence-corrected chi connectivity index (χ3v) is 3.85. The molecule has 0 bridgehead atoms. The largest absolute Gasteiger partial charge is 0.347 e. The topological polar surface area (TPSA) is 29.1 Å². The molecule has 0 heterocycles. The van der Waals surface area contributed by atoms with E-state index in [0.717, 1.165) is 16.7 Å². The number of carbonyl (C=O) groups excluding carboxylic acids is 1. The van der Waals surface area contributed by atoms with Crippen LogP contribution >= 0.6 is 11.6 Å². The number of benzene rings is 2. The Morgan fingerprint density at radius 3 is 2.52 bits per heavy atom. The van der Waals surface area contributed by atoms with Crippen LogP contribution in [0.2, 0.25) is 5.02 Å². The third kappa shape index (κ3) is 4.08. The van der Waals surface area contributed by atoms with E-state index in [0.29, 0.717) is 11.4 Å². The van der Waals surface area contributed by atoms with Crippen molar-refractivity contribution in [3.63, 3.8) is 0 Å². The van der Waals surface area contributed by atoms with E-state index >= 15 is 0 Å². The van der Waals surface area contributed by atoms with Crippen LogP contribution in [0.4, 0.5) is 0 Å². The summed E-state index contributed by atoms with van der Waals surface area (Å²) >= 11 is 6.03. The number of hydrogen-bond acceptors (Lipinski definition) is 1. The number of rotatable bonds is 4. The zero-order valence-corrected chi connectivity index (χ0v) is 13.4. The molecule has 0 aliphatic carbocycles. The van der Waals surface area contributed by atoms with E-state index in [-0.39, 0.29) is 5.91 Å². The number of halogens is 1. The van der Waals surface area contributed by atoms with Gasteiger partial charge in [-0.15, -0.1) is 0 Å². The zero-order chi connectivity index (χ0) is 15.5. The van der Waals surface area contributed by atoms with E-state index in [2.05, 4.69) is 5.32 Å². The number of aryl methyl sites for hydroxylation is 1. The van der Waals surface area contributed by atoms with Crippen molar-refractivity contribution in [1.29, 1.82) is 0 Å². The molecule has 2 rings (SSSR count). The fraction of sp³-hybridized carbons (Fsp3) is 0.278. The summed E-state index contributed by atoms with van der Waals surface area (Å²) in [7, 11) is 0. The summed E-state index contributed by atoms with van der Waals surface area (Å²) in [5.74, 6) is 0.00859. The van der Waals surface area contributed by atoms with Gasteiger partial charge in [0.1, 0.15) is 0 Å². The highest BCUT2D eigenvalue weighted by molar-refractivity contribution is 6.30. The van der Waals surface area contributed by atoms with Gasteiger partial charge in [0.2, 0.25) is 5.91 Å². The van der Waals surface area contributed by atoms with Gasteiger partial charge in [0.15, 0.2) is 0 Å². The maximum atomic E-state index is 12.3. The molecule has 0 aliphatic rings. The predicted molar refractivity (Wildman–Crippen MR) is 87.5 cm³/mol. The van der Waals surface area contributed by atoms with Crippen LogP contribution in [0.5, 0.6) is 0 Å². The molecule has 0 spiro atoms. The van der Waals surface area contributed by atoms with Crippen LogP contribution in [0.1, 0.15) is 30.5 Å². The van der Waals surface area contributed by atoms with Crippen LogP contribution < -0.4 is 5.32 Å². The molecular weight excluding hydrogens is 282 g/mol. The first kappa shape index (κ1) is 15.6. The minimum atomic E-state index is -0.454. The third-order valence-electron chi connectivity index (χ3n) is 3.61. The molecule has 0 aromatic heterocycles.